The van der Waals surface area contributed by atoms with Crippen molar-refractivity contribution in [3.8, 4) is 11.5 Å². The highest BCUT2D eigenvalue weighted by atomic mass is 16.3. The highest BCUT2D eigenvalue weighted by molar-refractivity contribution is 5.79. The molecule has 106 valence electrons. The van der Waals surface area contributed by atoms with Gasteiger partial charge in [0.05, 0.1) is 18.2 Å². The van der Waals surface area contributed by atoms with Gasteiger partial charge in [0.1, 0.15) is 11.3 Å². The first-order chi connectivity index (χ1) is 10.9. The fourth-order valence-corrected chi connectivity index (χ4v) is 2.19. The first-order valence-corrected chi connectivity index (χ1v) is 6.92. The predicted octanol–water partition coefficient (Wildman–Crippen LogP) is 4.84. The second-order valence-corrected chi connectivity index (χ2v) is 4.81. The van der Waals surface area contributed by atoms with Crippen LogP contribution in [-0.2, 0) is 0 Å². The van der Waals surface area contributed by atoms with Crippen LogP contribution >= 0.6 is 0 Å². The molecule has 22 heavy (non-hydrogen) atoms. The summed E-state index contributed by atoms with van der Waals surface area (Å²) in [7, 11) is 0. The van der Waals surface area contributed by atoms with E-state index in [0.717, 1.165) is 28.1 Å². The van der Waals surface area contributed by atoms with Gasteiger partial charge in [-0.05, 0) is 48.5 Å². The lowest BCUT2D eigenvalue weighted by Crippen LogP contribution is -1.77. The van der Waals surface area contributed by atoms with Crippen molar-refractivity contribution in [1.82, 2.24) is 4.98 Å². The number of fused-ring (bicyclic) bond motifs is 1. The van der Waals surface area contributed by atoms with E-state index < -0.39 is 0 Å². The van der Waals surface area contributed by atoms with Gasteiger partial charge in [-0.1, -0.05) is 12.1 Å². The molecule has 0 aliphatic heterocycles. The average molecular weight is 288 g/mol. The Kier molecular flexibility index (Phi) is 3.05. The molecule has 4 nitrogen and oxygen atoms in total. The standard InChI is InChI=1S/C18H12N2O2/c1-2-6-17-16(5-1)20-18(22-17)13-7-9-14(10-8-13)19-12-15-4-3-11-21-15/h1-12H. The Bertz CT molecular complexity index is 886. The highest BCUT2D eigenvalue weighted by Crippen LogP contribution is 2.25. The fourth-order valence-electron chi connectivity index (χ4n) is 2.19. The lowest BCUT2D eigenvalue weighted by Gasteiger charge is -1.96. The lowest BCUT2D eigenvalue weighted by molar-refractivity contribution is 0.560. The molecule has 2 heterocycles. The van der Waals surface area contributed by atoms with E-state index >= 15 is 0 Å². The van der Waals surface area contributed by atoms with Gasteiger partial charge < -0.3 is 8.83 Å². The predicted molar refractivity (Wildman–Crippen MR) is 85.4 cm³/mol. The van der Waals surface area contributed by atoms with E-state index in [4.69, 9.17) is 8.83 Å². The number of nitrogens with zero attached hydrogens (tertiary/aromatic N) is 2. The summed E-state index contributed by atoms with van der Waals surface area (Å²) >= 11 is 0. The monoisotopic (exact) mass is 288 g/mol. The van der Waals surface area contributed by atoms with E-state index in [0.29, 0.717) is 5.89 Å². The summed E-state index contributed by atoms with van der Waals surface area (Å²) in [6.07, 6.45) is 3.31. The van der Waals surface area contributed by atoms with Crippen molar-refractivity contribution >= 4 is 23.0 Å². The molecule has 0 bridgehead atoms. The van der Waals surface area contributed by atoms with Gasteiger partial charge in [-0.25, -0.2) is 4.98 Å². The van der Waals surface area contributed by atoms with Crippen LogP contribution in [0.2, 0.25) is 0 Å². The van der Waals surface area contributed by atoms with Crippen LogP contribution in [0.25, 0.3) is 22.6 Å². The van der Waals surface area contributed by atoms with Crippen LogP contribution in [0.4, 0.5) is 5.69 Å². The summed E-state index contributed by atoms with van der Waals surface area (Å²) in [4.78, 5) is 8.84. The normalized spacial score (nSPS) is 11.5. The van der Waals surface area contributed by atoms with Gasteiger partial charge in [-0.15, -0.1) is 0 Å². The molecule has 0 saturated heterocycles. The lowest BCUT2D eigenvalue weighted by atomic mass is 10.2. The van der Waals surface area contributed by atoms with Crippen LogP contribution in [0.15, 0.2) is 80.8 Å². The van der Waals surface area contributed by atoms with Gasteiger partial charge in [-0.3, -0.25) is 4.99 Å². The van der Waals surface area contributed by atoms with E-state index in [1.165, 1.54) is 0 Å². The van der Waals surface area contributed by atoms with Crippen LogP contribution in [0.5, 0.6) is 0 Å². The highest BCUT2D eigenvalue weighted by Gasteiger charge is 2.07. The number of aromatic nitrogens is 1. The molecule has 4 rings (SSSR count). The molecule has 0 aliphatic rings. The van der Waals surface area contributed by atoms with Crippen LogP contribution in [0, 0.1) is 0 Å². The van der Waals surface area contributed by atoms with Gasteiger partial charge in [0.25, 0.3) is 0 Å². The summed E-state index contributed by atoms with van der Waals surface area (Å²) in [6.45, 7) is 0. The average Bonchev–Trinajstić information content (AvgIpc) is 3.22. The molecule has 0 fully saturated rings. The number of hydrogen-bond acceptors (Lipinski definition) is 4. The molecule has 0 atom stereocenters. The quantitative estimate of drug-likeness (QED) is 0.507. The second kappa shape index (κ2) is 5.33. The molecule has 0 saturated carbocycles. The Morgan fingerprint density at radius 2 is 1.77 bits per heavy atom. The van der Waals surface area contributed by atoms with Crippen molar-refractivity contribution in [2.45, 2.75) is 0 Å². The number of rotatable bonds is 3. The minimum absolute atomic E-state index is 0.614. The molecule has 0 spiro atoms. The number of oxazole rings is 1. The van der Waals surface area contributed by atoms with Gasteiger partial charge in [0, 0.05) is 5.56 Å². The third-order valence-corrected chi connectivity index (χ3v) is 3.29. The van der Waals surface area contributed by atoms with Crippen LogP contribution in [0.1, 0.15) is 5.76 Å². The maximum Gasteiger partial charge on any atom is 0.227 e. The second-order valence-electron chi connectivity index (χ2n) is 4.81. The van der Waals surface area contributed by atoms with Gasteiger partial charge in [-0.2, -0.15) is 0 Å². The molecule has 0 N–H and O–H groups in total. The van der Waals surface area contributed by atoms with Crippen molar-refractivity contribution in [1.29, 1.82) is 0 Å². The van der Waals surface area contributed by atoms with Gasteiger partial charge >= 0.3 is 0 Å². The third kappa shape index (κ3) is 2.42. The molecule has 0 radical (unpaired) electrons. The van der Waals surface area contributed by atoms with Crippen molar-refractivity contribution < 1.29 is 8.83 Å². The van der Waals surface area contributed by atoms with Crippen molar-refractivity contribution in [3.05, 3.63) is 72.7 Å². The zero-order valence-electron chi connectivity index (χ0n) is 11.6. The van der Waals surface area contributed by atoms with Crippen molar-refractivity contribution in [2.24, 2.45) is 4.99 Å². The van der Waals surface area contributed by atoms with E-state index in [-0.39, 0.29) is 0 Å². The molecule has 4 heteroatoms. The molecule has 2 aromatic heterocycles. The summed E-state index contributed by atoms with van der Waals surface area (Å²) in [5.41, 5.74) is 3.42. The van der Waals surface area contributed by atoms with Gasteiger partial charge in [0.15, 0.2) is 5.58 Å². The van der Waals surface area contributed by atoms with E-state index in [9.17, 15) is 0 Å². The zero-order valence-corrected chi connectivity index (χ0v) is 11.6. The topological polar surface area (TPSA) is 51.5 Å². The molecule has 0 unspecified atom stereocenters. The summed E-state index contributed by atoms with van der Waals surface area (Å²) in [5.74, 6) is 1.34. The van der Waals surface area contributed by atoms with Crippen molar-refractivity contribution in [3.63, 3.8) is 0 Å². The van der Waals surface area contributed by atoms with E-state index in [1.54, 1.807) is 12.5 Å². The Hall–Kier alpha value is -3.14. The number of hydrogen-bond donors (Lipinski definition) is 0. The Morgan fingerprint density at radius 3 is 2.55 bits per heavy atom. The summed E-state index contributed by atoms with van der Waals surface area (Å²) in [6, 6.07) is 19.1. The maximum atomic E-state index is 5.75. The fraction of sp³-hybridized carbons (Fsp3) is 0. The Balaban J connectivity index is 1.61. The van der Waals surface area contributed by atoms with Gasteiger partial charge in [0.2, 0.25) is 5.89 Å². The SMILES string of the molecule is C(=Nc1ccc(-c2nc3ccccc3o2)cc1)c1ccco1. The minimum Gasteiger partial charge on any atom is -0.463 e. The van der Waals surface area contributed by atoms with Crippen molar-refractivity contribution in [2.75, 3.05) is 0 Å². The number of aliphatic imine (C=N–C) groups is 1. The number of benzene rings is 2. The maximum absolute atomic E-state index is 5.75. The summed E-state index contributed by atoms with van der Waals surface area (Å²) in [5, 5.41) is 0. The van der Waals surface area contributed by atoms with Crippen LogP contribution < -0.4 is 0 Å². The van der Waals surface area contributed by atoms with E-state index in [1.807, 2.05) is 60.7 Å². The van der Waals surface area contributed by atoms with E-state index in [2.05, 4.69) is 9.98 Å². The molecule has 4 aromatic rings. The molecule has 2 aromatic carbocycles. The minimum atomic E-state index is 0.614. The summed E-state index contributed by atoms with van der Waals surface area (Å²) < 4.78 is 11.0. The number of furan rings is 1. The van der Waals surface area contributed by atoms with Crippen LogP contribution in [-0.4, -0.2) is 11.2 Å². The zero-order chi connectivity index (χ0) is 14.8. The largest absolute Gasteiger partial charge is 0.463 e. The Morgan fingerprint density at radius 1 is 0.909 bits per heavy atom. The van der Waals surface area contributed by atoms with Crippen LogP contribution in [0.3, 0.4) is 0 Å². The smallest absolute Gasteiger partial charge is 0.227 e. The first-order valence-electron chi connectivity index (χ1n) is 6.92. The first kappa shape index (κ1) is 12.6. The Labute approximate surface area is 126 Å². The molecular weight excluding hydrogens is 276 g/mol. The third-order valence-electron chi connectivity index (χ3n) is 3.29. The molecular formula is C18H12N2O2. The molecule has 0 aliphatic carbocycles. The molecule has 0 amide bonds. The number of para-hydroxylation sites is 2.